The molecule has 0 radical (unpaired) electrons. The lowest BCUT2D eigenvalue weighted by atomic mass is 10.3. The SMILES string of the molecule is Cc1cccc(NS(=O)(=O)c2c[nH]c(CNC(C)C)c2)n1. The van der Waals surface area contributed by atoms with Crippen LogP contribution in [-0.2, 0) is 16.6 Å². The lowest BCUT2D eigenvalue weighted by Crippen LogP contribution is -2.21. The smallest absolute Gasteiger partial charge is 0.264 e. The third-order valence-electron chi connectivity index (χ3n) is 2.85. The molecule has 0 spiro atoms. The van der Waals surface area contributed by atoms with Crippen molar-refractivity contribution in [2.75, 3.05) is 4.72 Å². The van der Waals surface area contributed by atoms with Crippen molar-refractivity contribution in [2.24, 2.45) is 0 Å². The number of pyridine rings is 1. The van der Waals surface area contributed by atoms with Crippen LogP contribution < -0.4 is 10.0 Å². The van der Waals surface area contributed by atoms with Crippen molar-refractivity contribution >= 4 is 15.8 Å². The fraction of sp³-hybridized carbons (Fsp3) is 0.357. The van der Waals surface area contributed by atoms with Crippen LogP contribution in [0.15, 0.2) is 35.4 Å². The fourth-order valence-electron chi connectivity index (χ4n) is 1.79. The Hall–Kier alpha value is -1.86. The minimum absolute atomic E-state index is 0.200. The summed E-state index contributed by atoms with van der Waals surface area (Å²) in [6.45, 7) is 6.47. The van der Waals surface area contributed by atoms with Gasteiger partial charge in [0.1, 0.15) is 10.7 Å². The van der Waals surface area contributed by atoms with Gasteiger partial charge in [-0.2, -0.15) is 0 Å². The van der Waals surface area contributed by atoms with Crippen LogP contribution in [0, 0.1) is 6.92 Å². The van der Waals surface area contributed by atoms with E-state index >= 15 is 0 Å². The van der Waals surface area contributed by atoms with Crippen molar-refractivity contribution in [2.45, 2.75) is 38.3 Å². The number of aromatic amines is 1. The summed E-state index contributed by atoms with van der Waals surface area (Å²) in [6, 6.07) is 7.15. The lowest BCUT2D eigenvalue weighted by molar-refractivity contribution is 0.582. The van der Waals surface area contributed by atoms with E-state index in [2.05, 4.69) is 20.0 Å². The van der Waals surface area contributed by atoms with Gasteiger partial charge >= 0.3 is 0 Å². The number of nitrogens with one attached hydrogen (secondary N) is 3. The first-order valence-corrected chi connectivity index (χ1v) is 8.22. The van der Waals surface area contributed by atoms with Gasteiger partial charge in [0.05, 0.1) is 0 Å². The Morgan fingerprint density at radius 1 is 1.33 bits per heavy atom. The molecule has 0 unspecified atom stereocenters. The number of rotatable bonds is 6. The molecule has 21 heavy (non-hydrogen) atoms. The van der Waals surface area contributed by atoms with Crippen LogP contribution in [0.3, 0.4) is 0 Å². The molecule has 2 rings (SSSR count). The maximum Gasteiger partial charge on any atom is 0.264 e. The van der Waals surface area contributed by atoms with Crippen LogP contribution >= 0.6 is 0 Å². The number of aryl methyl sites for hydroxylation is 1. The Bertz CT molecular complexity index is 707. The molecule has 2 aromatic heterocycles. The predicted molar refractivity (Wildman–Crippen MR) is 82.6 cm³/mol. The first kappa shape index (κ1) is 15.5. The van der Waals surface area contributed by atoms with E-state index in [9.17, 15) is 8.42 Å². The molecule has 0 aromatic carbocycles. The van der Waals surface area contributed by atoms with E-state index < -0.39 is 10.0 Å². The molecule has 6 nitrogen and oxygen atoms in total. The number of anilines is 1. The second-order valence-electron chi connectivity index (χ2n) is 5.17. The van der Waals surface area contributed by atoms with Crippen molar-refractivity contribution < 1.29 is 8.42 Å². The largest absolute Gasteiger partial charge is 0.363 e. The topological polar surface area (TPSA) is 86.9 Å². The van der Waals surface area contributed by atoms with E-state index in [0.29, 0.717) is 18.4 Å². The fourth-order valence-corrected chi connectivity index (χ4v) is 2.81. The van der Waals surface area contributed by atoms with Gasteiger partial charge in [0, 0.05) is 30.2 Å². The summed E-state index contributed by atoms with van der Waals surface area (Å²) < 4.78 is 27.0. The Labute approximate surface area is 125 Å². The molecule has 2 aromatic rings. The molecule has 2 heterocycles. The zero-order chi connectivity index (χ0) is 15.5. The molecule has 0 atom stereocenters. The zero-order valence-electron chi connectivity index (χ0n) is 12.3. The van der Waals surface area contributed by atoms with E-state index in [1.807, 2.05) is 26.8 Å². The Morgan fingerprint density at radius 2 is 2.10 bits per heavy atom. The van der Waals surface area contributed by atoms with Gasteiger partial charge in [-0.05, 0) is 25.1 Å². The van der Waals surface area contributed by atoms with Crippen LogP contribution in [0.2, 0.25) is 0 Å². The average Bonchev–Trinajstić information content (AvgIpc) is 2.85. The standard InChI is InChI=1S/C14H20N4O2S/c1-10(2)15-8-12-7-13(9-16-12)21(19,20)18-14-6-4-5-11(3)17-14/h4-7,9-10,15-16H,8H2,1-3H3,(H,17,18). The highest BCUT2D eigenvalue weighted by Gasteiger charge is 2.16. The number of hydrogen-bond acceptors (Lipinski definition) is 4. The van der Waals surface area contributed by atoms with Crippen molar-refractivity contribution in [3.05, 3.63) is 41.9 Å². The van der Waals surface area contributed by atoms with Crippen molar-refractivity contribution in [1.82, 2.24) is 15.3 Å². The molecule has 0 saturated carbocycles. The second-order valence-corrected chi connectivity index (χ2v) is 6.85. The van der Waals surface area contributed by atoms with Crippen molar-refractivity contribution in [3.63, 3.8) is 0 Å². The van der Waals surface area contributed by atoms with E-state index in [4.69, 9.17) is 0 Å². The summed E-state index contributed by atoms with van der Waals surface area (Å²) in [6.07, 6.45) is 1.48. The minimum atomic E-state index is -3.62. The van der Waals surface area contributed by atoms with Gasteiger partial charge in [0.15, 0.2) is 0 Å². The molecule has 0 aliphatic rings. The molecule has 0 aliphatic heterocycles. The first-order chi connectivity index (χ1) is 9.87. The van der Waals surface area contributed by atoms with E-state index in [-0.39, 0.29) is 4.90 Å². The molecule has 114 valence electrons. The van der Waals surface area contributed by atoms with E-state index in [1.165, 1.54) is 6.20 Å². The van der Waals surface area contributed by atoms with Gasteiger partial charge in [-0.1, -0.05) is 19.9 Å². The zero-order valence-corrected chi connectivity index (χ0v) is 13.2. The second kappa shape index (κ2) is 6.28. The van der Waals surface area contributed by atoms with Gasteiger partial charge in [-0.15, -0.1) is 0 Å². The third kappa shape index (κ3) is 4.30. The van der Waals surface area contributed by atoms with Crippen LogP contribution in [-0.4, -0.2) is 24.4 Å². The number of H-pyrrole nitrogens is 1. The van der Waals surface area contributed by atoms with Crippen molar-refractivity contribution in [3.8, 4) is 0 Å². The maximum absolute atomic E-state index is 12.3. The molecule has 0 amide bonds. The molecular formula is C14H20N4O2S. The van der Waals surface area contributed by atoms with Gasteiger partial charge < -0.3 is 10.3 Å². The molecule has 0 bridgehead atoms. The first-order valence-electron chi connectivity index (χ1n) is 6.74. The highest BCUT2D eigenvalue weighted by molar-refractivity contribution is 7.92. The summed E-state index contributed by atoms with van der Waals surface area (Å²) in [4.78, 5) is 7.30. The van der Waals surface area contributed by atoms with Crippen LogP contribution in [0.4, 0.5) is 5.82 Å². The van der Waals surface area contributed by atoms with E-state index in [0.717, 1.165) is 11.4 Å². The number of nitrogens with zero attached hydrogens (tertiary/aromatic N) is 1. The molecular weight excluding hydrogens is 288 g/mol. The lowest BCUT2D eigenvalue weighted by Gasteiger charge is -2.06. The number of aromatic nitrogens is 2. The maximum atomic E-state index is 12.3. The van der Waals surface area contributed by atoms with Crippen molar-refractivity contribution in [1.29, 1.82) is 0 Å². The monoisotopic (exact) mass is 308 g/mol. The van der Waals surface area contributed by atoms with Gasteiger partial charge in [-0.3, -0.25) is 4.72 Å². The van der Waals surface area contributed by atoms with Gasteiger partial charge in [-0.25, -0.2) is 13.4 Å². The summed E-state index contributed by atoms with van der Waals surface area (Å²) in [7, 11) is -3.62. The summed E-state index contributed by atoms with van der Waals surface area (Å²) in [5, 5.41) is 3.22. The summed E-state index contributed by atoms with van der Waals surface area (Å²) >= 11 is 0. The van der Waals surface area contributed by atoms with Crippen LogP contribution in [0.5, 0.6) is 0 Å². The van der Waals surface area contributed by atoms with Gasteiger partial charge in [0.2, 0.25) is 0 Å². The highest BCUT2D eigenvalue weighted by atomic mass is 32.2. The minimum Gasteiger partial charge on any atom is -0.363 e. The predicted octanol–water partition coefficient (Wildman–Crippen LogP) is 2.02. The molecule has 0 aliphatic carbocycles. The van der Waals surface area contributed by atoms with Crippen LogP contribution in [0.1, 0.15) is 25.2 Å². The summed E-state index contributed by atoms with van der Waals surface area (Å²) in [5.74, 6) is 0.318. The Kier molecular flexibility index (Phi) is 4.64. The van der Waals surface area contributed by atoms with E-state index in [1.54, 1.807) is 18.2 Å². The number of hydrogen-bond donors (Lipinski definition) is 3. The normalized spacial score (nSPS) is 11.8. The van der Waals surface area contributed by atoms with Gasteiger partial charge in [0.25, 0.3) is 10.0 Å². The molecule has 0 fully saturated rings. The summed E-state index contributed by atoms with van der Waals surface area (Å²) in [5.41, 5.74) is 1.58. The molecule has 7 heteroatoms. The molecule has 3 N–H and O–H groups in total. The Morgan fingerprint density at radius 3 is 2.76 bits per heavy atom. The van der Waals surface area contributed by atoms with Crippen LogP contribution in [0.25, 0.3) is 0 Å². The average molecular weight is 308 g/mol. The molecule has 0 saturated heterocycles. The third-order valence-corrected chi connectivity index (χ3v) is 4.19. The highest BCUT2D eigenvalue weighted by Crippen LogP contribution is 2.15. The Balaban J connectivity index is 2.12. The quantitative estimate of drug-likeness (QED) is 0.762. The number of sulfonamides is 1.